The number of unbranched alkanes of at least 4 members (excludes halogenated alkanes) is 2. The summed E-state index contributed by atoms with van der Waals surface area (Å²) in [5, 5.41) is 0. The summed E-state index contributed by atoms with van der Waals surface area (Å²) in [6.45, 7) is 3.15. The summed E-state index contributed by atoms with van der Waals surface area (Å²) in [6, 6.07) is 0. The van der Waals surface area contributed by atoms with Gasteiger partial charge in [-0.25, -0.2) is 4.39 Å². The van der Waals surface area contributed by atoms with Crippen LogP contribution in [0.5, 0.6) is 0 Å². The molecule has 0 aromatic heterocycles. The van der Waals surface area contributed by atoms with Gasteiger partial charge in [0.2, 0.25) is 0 Å². The fraction of sp³-hybridized carbons (Fsp3) is 1.00. The van der Waals surface area contributed by atoms with Crippen LogP contribution >= 0.6 is 0 Å². The molecule has 11 heavy (non-hydrogen) atoms. The second-order valence-corrected chi connectivity index (χ2v) is 5.32. The summed E-state index contributed by atoms with van der Waals surface area (Å²) >= 11 is 0. The van der Waals surface area contributed by atoms with Crippen LogP contribution in [0, 0.1) is 0 Å². The van der Waals surface area contributed by atoms with Crippen molar-refractivity contribution in [1.82, 2.24) is 9.13 Å². The molecular weight excluding hydrogens is 159 g/mol. The minimum Gasteiger partial charge on any atom is -0.278 e. The van der Waals surface area contributed by atoms with Gasteiger partial charge in [-0.2, -0.15) is 0 Å². The predicted octanol–water partition coefficient (Wildman–Crippen LogP) is 0.676. The van der Waals surface area contributed by atoms with Gasteiger partial charge in [-0.15, -0.1) is 0 Å². The van der Waals surface area contributed by atoms with Crippen molar-refractivity contribution >= 4 is 9.84 Å². The van der Waals surface area contributed by atoms with E-state index in [9.17, 15) is 4.39 Å². The van der Waals surface area contributed by atoms with Crippen molar-refractivity contribution < 1.29 is 4.39 Å². The van der Waals surface area contributed by atoms with Crippen LogP contribution in [-0.2, 0) is 0 Å². The van der Waals surface area contributed by atoms with Crippen molar-refractivity contribution in [3.63, 3.8) is 0 Å². The van der Waals surface area contributed by atoms with E-state index in [0.717, 1.165) is 13.0 Å². The van der Waals surface area contributed by atoms with Gasteiger partial charge in [-0.3, -0.25) is 9.13 Å². The van der Waals surface area contributed by atoms with Gasteiger partial charge in [0.05, 0.1) is 0 Å². The van der Waals surface area contributed by atoms with E-state index in [1.165, 1.54) is 12.8 Å². The van der Waals surface area contributed by atoms with Crippen LogP contribution < -0.4 is 0 Å². The molecule has 66 valence electrons. The number of rotatable bonds is 4. The minimum atomic E-state index is -0.751. The maximum atomic E-state index is 12.9. The van der Waals surface area contributed by atoms with Gasteiger partial charge in [0.15, 0.2) is 16.3 Å². The van der Waals surface area contributed by atoms with Gasteiger partial charge in [-0.1, -0.05) is 19.8 Å². The molecule has 1 unspecified atom stereocenters. The first-order chi connectivity index (χ1) is 5.25. The molecule has 1 aliphatic rings. The largest absolute Gasteiger partial charge is 0.278 e. The van der Waals surface area contributed by atoms with Crippen molar-refractivity contribution in [2.75, 3.05) is 13.6 Å². The van der Waals surface area contributed by atoms with Crippen LogP contribution in [0.3, 0.4) is 0 Å². The van der Waals surface area contributed by atoms with Crippen molar-refractivity contribution in [1.29, 1.82) is 0 Å². The van der Waals surface area contributed by atoms with E-state index in [1.54, 1.807) is 0 Å². The fourth-order valence-electron chi connectivity index (χ4n) is 1.35. The summed E-state index contributed by atoms with van der Waals surface area (Å²) in [6.07, 6.45) is 2.87. The van der Waals surface area contributed by atoms with E-state index in [1.807, 2.05) is 16.2 Å². The maximum absolute atomic E-state index is 12.9. The predicted molar refractivity (Wildman–Crippen MR) is 47.4 cm³/mol. The third-order valence-electron chi connectivity index (χ3n) is 2.12. The highest BCUT2D eigenvalue weighted by Gasteiger charge is 2.32. The average molecular weight is 176 g/mol. The second-order valence-electron chi connectivity index (χ2n) is 3.23. The first-order valence-corrected chi connectivity index (χ1v) is 5.60. The maximum Gasteiger partial charge on any atom is 0.199 e. The topological polar surface area (TPSA) is 6.48 Å². The van der Waals surface area contributed by atoms with Gasteiger partial charge < -0.3 is 0 Å². The standard InChI is InChI=1S/C7H17FN2Si/c1-3-4-5-6-10-7(8)9(2)11-10/h7H,3-6,11H2,1-2H3. The lowest BCUT2D eigenvalue weighted by Crippen LogP contribution is -2.62. The lowest BCUT2D eigenvalue weighted by Gasteiger charge is -2.43. The third-order valence-corrected chi connectivity index (χ3v) is 3.85. The van der Waals surface area contributed by atoms with E-state index >= 15 is 0 Å². The van der Waals surface area contributed by atoms with E-state index in [0.29, 0.717) is 0 Å². The zero-order valence-corrected chi connectivity index (χ0v) is 8.80. The van der Waals surface area contributed by atoms with Gasteiger partial charge in [0.25, 0.3) is 0 Å². The highest BCUT2D eigenvalue weighted by molar-refractivity contribution is 6.31. The number of halogens is 1. The Balaban J connectivity index is 2.01. The van der Waals surface area contributed by atoms with Gasteiger partial charge in [0, 0.05) is 0 Å². The number of nitrogens with zero attached hydrogens (tertiary/aromatic N) is 2. The van der Waals surface area contributed by atoms with Crippen LogP contribution in [0.2, 0.25) is 0 Å². The molecule has 1 aliphatic heterocycles. The molecule has 0 N–H and O–H groups in total. The zero-order valence-electron chi connectivity index (χ0n) is 7.39. The molecular formula is C7H17FN2Si. The fourth-order valence-corrected chi connectivity index (χ4v) is 2.76. The van der Waals surface area contributed by atoms with Crippen molar-refractivity contribution in [2.24, 2.45) is 0 Å². The van der Waals surface area contributed by atoms with E-state index in [-0.39, 0.29) is 9.84 Å². The molecule has 0 bridgehead atoms. The van der Waals surface area contributed by atoms with Gasteiger partial charge >= 0.3 is 0 Å². The molecule has 0 aliphatic carbocycles. The molecule has 0 spiro atoms. The van der Waals surface area contributed by atoms with E-state index < -0.39 is 6.42 Å². The van der Waals surface area contributed by atoms with Crippen LogP contribution in [0.1, 0.15) is 26.2 Å². The zero-order chi connectivity index (χ0) is 8.27. The highest BCUT2D eigenvalue weighted by Crippen LogP contribution is 2.15. The van der Waals surface area contributed by atoms with Crippen LogP contribution in [0.25, 0.3) is 0 Å². The normalized spacial score (nSPS) is 29.2. The molecule has 2 nitrogen and oxygen atoms in total. The molecule has 1 atom stereocenters. The van der Waals surface area contributed by atoms with Crippen LogP contribution in [-0.4, -0.2) is 39.0 Å². The van der Waals surface area contributed by atoms with Crippen molar-refractivity contribution in [3.05, 3.63) is 0 Å². The smallest absolute Gasteiger partial charge is 0.199 e. The van der Waals surface area contributed by atoms with E-state index in [2.05, 4.69) is 6.92 Å². The average Bonchev–Trinajstić information content (AvgIpc) is 2.03. The summed E-state index contributed by atoms with van der Waals surface area (Å²) in [4.78, 5) is 0. The molecule has 0 saturated carbocycles. The van der Waals surface area contributed by atoms with Gasteiger partial charge in [0.1, 0.15) is 0 Å². The number of alkyl halides is 1. The lowest BCUT2D eigenvalue weighted by atomic mass is 10.2. The Morgan fingerprint density at radius 2 is 2.18 bits per heavy atom. The Bertz CT molecular complexity index is 123. The second kappa shape index (κ2) is 4.18. The Morgan fingerprint density at radius 3 is 2.64 bits per heavy atom. The molecule has 0 aromatic rings. The lowest BCUT2D eigenvalue weighted by molar-refractivity contribution is -0.00165. The Hall–Kier alpha value is 0.0669. The quantitative estimate of drug-likeness (QED) is 0.353. The van der Waals surface area contributed by atoms with Crippen LogP contribution in [0.4, 0.5) is 4.39 Å². The molecule has 0 aromatic carbocycles. The Kier molecular flexibility index (Phi) is 3.48. The summed E-state index contributed by atoms with van der Waals surface area (Å²) in [5.41, 5.74) is 0. The minimum absolute atomic E-state index is 0.340. The Morgan fingerprint density at radius 1 is 1.45 bits per heavy atom. The van der Waals surface area contributed by atoms with E-state index in [4.69, 9.17) is 0 Å². The van der Waals surface area contributed by atoms with Crippen molar-refractivity contribution in [3.8, 4) is 0 Å². The molecule has 4 heteroatoms. The third kappa shape index (κ3) is 2.25. The summed E-state index contributed by atoms with van der Waals surface area (Å²) < 4.78 is 16.7. The molecule has 0 amide bonds. The van der Waals surface area contributed by atoms with Crippen LogP contribution in [0.15, 0.2) is 0 Å². The SMILES string of the molecule is CCCCCN1[SiH2]N(C)C1F. The molecule has 0 radical (unpaired) electrons. The van der Waals surface area contributed by atoms with Crippen molar-refractivity contribution in [2.45, 2.75) is 32.6 Å². The molecule has 1 fully saturated rings. The number of hydrogen-bond donors (Lipinski definition) is 0. The summed E-state index contributed by atoms with van der Waals surface area (Å²) in [7, 11) is 1.53. The Labute approximate surface area is 70.3 Å². The first-order valence-electron chi connectivity index (χ1n) is 4.34. The van der Waals surface area contributed by atoms with Gasteiger partial charge in [-0.05, 0) is 20.0 Å². The number of hydrogen-bond acceptors (Lipinski definition) is 2. The highest BCUT2D eigenvalue weighted by atomic mass is 28.2. The monoisotopic (exact) mass is 176 g/mol. The molecule has 1 rings (SSSR count). The molecule has 1 saturated heterocycles. The first kappa shape index (κ1) is 9.16. The summed E-state index contributed by atoms with van der Waals surface area (Å²) in [5.74, 6) is 0. The molecule has 1 heterocycles.